The number of hydrogen-bond donors (Lipinski definition) is 0. The van der Waals surface area contributed by atoms with Crippen LogP contribution in [0.4, 0.5) is 0 Å². The number of nitrogens with zero attached hydrogens (tertiary/aromatic N) is 3. The normalized spacial score (nSPS) is 13.2. The first-order valence-corrected chi connectivity index (χ1v) is 7.78. The van der Waals surface area contributed by atoms with E-state index in [1.165, 1.54) is 5.01 Å². The Morgan fingerprint density at radius 1 is 1.16 bits per heavy atom. The van der Waals surface area contributed by atoms with Crippen LogP contribution >= 0.6 is 0 Å². The first-order chi connectivity index (χ1) is 12.2. The molecule has 1 heterocycles. The van der Waals surface area contributed by atoms with Crippen LogP contribution in [0, 0.1) is 11.3 Å². The molecule has 0 aliphatic carbocycles. The molecule has 0 unspecified atom stereocenters. The maximum Gasteiger partial charge on any atom is 0.274 e. The molecular formula is C19H17N3O3. The SMILES string of the molecule is COc1ccc(C2=NN(C(=O)c3cccc(C#N)c3)CC2)cc1OC. The lowest BCUT2D eigenvalue weighted by Crippen LogP contribution is -2.23. The van der Waals surface area contributed by atoms with E-state index in [1.807, 2.05) is 24.3 Å². The summed E-state index contributed by atoms with van der Waals surface area (Å²) in [4.78, 5) is 12.6. The number of carbonyl (C=O) groups excluding carboxylic acids is 1. The minimum atomic E-state index is -0.215. The van der Waals surface area contributed by atoms with Gasteiger partial charge in [0.25, 0.3) is 5.91 Å². The lowest BCUT2D eigenvalue weighted by atomic mass is 10.1. The van der Waals surface area contributed by atoms with Crippen molar-refractivity contribution in [2.24, 2.45) is 5.10 Å². The van der Waals surface area contributed by atoms with Crippen molar-refractivity contribution in [1.29, 1.82) is 5.26 Å². The van der Waals surface area contributed by atoms with E-state index in [0.29, 0.717) is 35.6 Å². The van der Waals surface area contributed by atoms with Gasteiger partial charge in [0.1, 0.15) is 0 Å². The highest BCUT2D eigenvalue weighted by molar-refractivity contribution is 6.04. The Hall–Kier alpha value is -3.33. The predicted molar refractivity (Wildman–Crippen MR) is 92.9 cm³/mol. The first kappa shape index (κ1) is 16.5. The minimum absolute atomic E-state index is 0.215. The molecule has 0 saturated carbocycles. The van der Waals surface area contributed by atoms with Crippen LogP contribution in [0.3, 0.4) is 0 Å². The summed E-state index contributed by atoms with van der Waals surface area (Å²) in [6.07, 6.45) is 0.652. The van der Waals surface area contributed by atoms with Crippen LogP contribution < -0.4 is 9.47 Å². The third-order valence-electron chi connectivity index (χ3n) is 3.99. The van der Waals surface area contributed by atoms with E-state index >= 15 is 0 Å². The maximum absolute atomic E-state index is 12.6. The number of hydrazone groups is 1. The van der Waals surface area contributed by atoms with E-state index in [1.54, 1.807) is 38.5 Å². The van der Waals surface area contributed by atoms with Crippen LogP contribution in [-0.4, -0.2) is 37.4 Å². The molecule has 0 spiro atoms. The molecule has 6 nitrogen and oxygen atoms in total. The molecule has 2 aromatic carbocycles. The van der Waals surface area contributed by atoms with Crippen LogP contribution in [0.15, 0.2) is 47.6 Å². The fourth-order valence-corrected chi connectivity index (χ4v) is 2.69. The third-order valence-corrected chi connectivity index (χ3v) is 3.99. The van der Waals surface area contributed by atoms with E-state index in [-0.39, 0.29) is 5.91 Å². The topological polar surface area (TPSA) is 74.9 Å². The van der Waals surface area contributed by atoms with Crippen molar-refractivity contribution in [2.45, 2.75) is 6.42 Å². The molecule has 0 atom stereocenters. The van der Waals surface area contributed by atoms with Gasteiger partial charge in [-0.2, -0.15) is 10.4 Å². The van der Waals surface area contributed by atoms with Gasteiger partial charge in [-0.1, -0.05) is 6.07 Å². The Morgan fingerprint density at radius 3 is 2.68 bits per heavy atom. The quantitative estimate of drug-likeness (QED) is 0.861. The number of hydrogen-bond acceptors (Lipinski definition) is 5. The van der Waals surface area contributed by atoms with Gasteiger partial charge in [0.15, 0.2) is 11.5 Å². The zero-order chi connectivity index (χ0) is 17.8. The molecular weight excluding hydrogens is 318 g/mol. The summed E-state index contributed by atoms with van der Waals surface area (Å²) in [5, 5.41) is 14.8. The zero-order valence-electron chi connectivity index (χ0n) is 14.0. The average Bonchev–Trinajstić information content (AvgIpc) is 3.17. The second-order valence-corrected chi connectivity index (χ2v) is 5.49. The van der Waals surface area contributed by atoms with Crippen molar-refractivity contribution in [3.05, 3.63) is 59.2 Å². The van der Waals surface area contributed by atoms with Crippen LogP contribution in [-0.2, 0) is 0 Å². The molecule has 6 heteroatoms. The van der Waals surface area contributed by atoms with E-state index in [9.17, 15) is 4.79 Å². The molecule has 1 aliphatic heterocycles. The van der Waals surface area contributed by atoms with Gasteiger partial charge in [0.05, 0.1) is 38.1 Å². The van der Waals surface area contributed by atoms with Gasteiger partial charge in [0, 0.05) is 17.5 Å². The van der Waals surface area contributed by atoms with E-state index in [0.717, 1.165) is 11.3 Å². The molecule has 0 saturated heterocycles. The van der Waals surface area contributed by atoms with Crippen molar-refractivity contribution in [3.63, 3.8) is 0 Å². The monoisotopic (exact) mass is 335 g/mol. The summed E-state index contributed by atoms with van der Waals surface area (Å²) in [7, 11) is 3.16. The van der Waals surface area contributed by atoms with Gasteiger partial charge in [-0.3, -0.25) is 4.79 Å². The summed E-state index contributed by atoms with van der Waals surface area (Å²) in [5.74, 6) is 1.05. The Kier molecular flexibility index (Phi) is 4.66. The summed E-state index contributed by atoms with van der Waals surface area (Å²) >= 11 is 0. The minimum Gasteiger partial charge on any atom is -0.493 e. The average molecular weight is 335 g/mol. The van der Waals surface area contributed by atoms with Gasteiger partial charge >= 0.3 is 0 Å². The second kappa shape index (κ2) is 7.05. The Morgan fingerprint density at radius 2 is 1.96 bits per heavy atom. The summed E-state index contributed by atoms with van der Waals surface area (Å²) in [6.45, 7) is 0.499. The van der Waals surface area contributed by atoms with Gasteiger partial charge in [-0.15, -0.1) is 0 Å². The predicted octanol–water partition coefficient (Wildman–Crippen LogP) is 2.83. The van der Waals surface area contributed by atoms with Crippen LogP contribution in [0.1, 0.15) is 27.9 Å². The van der Waals surface area contributed by atoms with E-state index in [4.69, 9.17) is 14.7 Å². The molecule has 0 fully saturated rings. The van der Waals surface area contributed by atoms with Crippen molar-refractivity contribution in [1.82, 2.24) is 5.01 Å². The third kappa shape index (κ3) is 3.31. The Balaban J connectivity index is 1.85. The van der Waals surface area contributed by atoms with Gasteiger partial charge in [0.2, 0.25) is 0 Å². The van der Waals surface area contributed by atoms with Crippen LogP contribution in [0.5, 0.6) is 11.5 Å². The number of benzene rings is 2. The Bertz CT molecular complexity index is 884. The number of methoxy groups -OCH3 is 2. The summed E-state index contributed by atoms with van der Waals surface area (Å²) < 4.78 is 10.6. The molecule has 0 aromatic heterocycles. The number of nitriles is 1. The first-order valence-electron chi connectivity index (χ1n) is 7.78. The van der Waals surface area contributed by atoms with Gasteiger partial charge in [-0.25, -0.2) is 5.01 Å². The second-order valence-electron chi connectivity index (χ2n) is 5.49. The fraction of sp³-hybridized carbons (Fsp3) is 0.211. The van der Waals surface area contributed by atoms with Gasteiger partial charge < -0.3 is 9.47 Å². The standard InChI is InChI=1S/C19H17N3O3/c1-24-17-7-6-14(11-18(17)25-2)16-8-9-22(21-16)19(23)15-5-3-4-13(10-15)12-20/h3-7,10-11H,8-9H2,1-2H3. The highest BCUT2D eigenvalue weighted by atomic mass is 16.5. The van der Waals surface area contributed by atoms with Crippen molar-refractivity contribution in [2.75, 3.05) is 20.8 Å². The maximum atomic E-state index is 12.6. The lowest BCUT2D eigenvalue weighted by Gasteiger charge is -2.11. The molecule has 25 heavy (non-hydrogen) atoms. The number of ether oxygens (including phenoxy) is 2. The van der Waals surface area contributed by atoms with Crippen molar-refractivity contribution >= 4 is 11.6 Å². The fourth-order valence-electron chi connectivity index (χ4n) is 2.69. The zero-order valence-corrected chi connectivity index (χ0v) is 14.0. The lowest BCUT2D eigenvalue weighted by molar-refractivity contribution is 0.0778. The molecule has 126 valence electrons. The number of rotatable bonds is 4. The highest BCUT2D eigenvalue weighted by Gasteiger charge is 2.23. The number of carbonyl (C=O) groups is 1. The van der Waals surface area contributed by atoms with E-state index in [2.05, 4.69) is 5.10 Å². The number of amides is 1. The van der Waals surface area contributed by atoms with Crippen molar-refractivity contribution < 1.29 is 14.3 Å². The molecule has 2 aromatic rings. The molecule has 1 amide bonds. The molecule has 0 N–H and O–H groups in total. The van der Waals surface area contributed by atoms with Gasteiger partial charge in [-0.05, 0) is 36.4 Å². The van der Waals surface area contributed by atoms with E-state index < -0.39 is 0 Å². The summed E-state index contributed by atoms with van der Waals surface area (Å²) in [6, 6.07) is 14.2. The molecule has 3 rings (SSSR count). The molecule has 0 bridgehead atoms. The highest BCUT2D eigenvalue weighted by Crippen LogP contribution is 2.29. The summed E-state index contributed by atoms with van der Waals surface area (Å²) in [5.41, 5.74) is 2.61. The van der Waals surface area contributed by atoms with Crippen molar-refractivity contribution in [3.8, 4) is 17.6 Å². The van der Waals surface area contributed by atoms with Crippen LogP contribution in [0.25, 0.3) is 0 Å². The largest absolute Gasteiger partial charge is 0.493 e. The molecule has 1 aliphatic rings. The molecule has 0 radical (unpaired) electrons. The Labute approximate surface area is 145 Å². The smallest absolute Gasteiger partial charge is 0.274 e. The van der Waals surface area contributed by atoms with Crippen LogP contribution in [0.2, 0.25) is 0 Å².